The first-order valence-corrected chi connectivity index (χ1v) is 7.77. The second-order valence-corrected chi connectivity index (χ2v) is 6.70. The maximum absolute atomic E-state index is 12.3. The highest BCUT2D eigenvalue weighted by molar-refractivity contribution is 5.81. The van der Waals surface area contributed by atoms with E-state index in [0.29, 0.717) is 13.0 Å². The van der Waals surface area contributed by atoms with Crippen LogP contribution in [-0.4, -0.2) is 49.1 Å². The van der Waals surface area contributed by atoms with Crippen LogP contribution in [0.2, 0.25) is 0 Å². The molecule has 0 saturated carbocycles. The zero-order chi connectivity index (χ0) is 17.3. The predicted molar refractivity (Wildman–Crippen MR) is 84.4 cm³/mol. The summed E-state index contributed by atoms with van der Waals surface area (Å²) in [6.45, 7) is 11.5. The molecule has 0 aromatic rings. The standard InChI is InChI=1S/C16H31NO5/c1-8-9-13(14(18)21-10-12(2)3)17(11-20-7)15(19)22-16(4,5)6/h12-13H,8-11H2,1-7H3/t13-/m0/s1. The fourth-order valence-corrected chi connectivity index (χ4v) is 1.75. The summed E-state index contributed by atoms with van der Waals surface area (Å²) in [7, 11) is 1.47. The van der Waals surface area contributed by atoms with E-state index < -0.39 is 23.7 Å². The molecule has 0 spiro atoms. The smallest absolute Gasteiger partial charge is 0.412 e. The van der Waals surface area contributed by atoms with E-state index in [1.165, 1.54) is 12.0 Å². The normalized spacial score (nSPS) is 12.9. The van der Waals surface area contributed by atoms with Gasteiger partial charge in [0, 0.05) is 7.11 Å². The molecule has 0 unspecified atom stereocenters. The number of hydrogen-bond acceptors (Lipinski definition) is 5. The Kier molecular flexibility index (Phi) is 9.09. The lowest BCUT2D eigenvalue weighted by atomic mass is 10.1. The molecular weight excluding hydrogens is 286 g/mol. The summed E-state index contributed by atoms with van der Waals surface area (Å²) in [6.07, 6.45) is 0.665. The molecule has 6 heteroatoms. The third-order valence-electron chi connectivity index (χ3n) is 2.67. The van der Waals surface area contributed by atoms with E-state index in [-0.39, 0.29) is 12.6 Å². The van der Waals surface area contributed by atoms with Gasteiger partial charge in [-0.2, -0.15) is 0 Å². The Hall–Kier alpha value is -1.30. The lowest BCUT2D eigenvalue weighted by molar-refractivity contribution is -0.153. The average Bonchev–Trinajstić information content (AvgIpc) is 2.38. The van der Waals surface area contributed by atoms with Crippen molar-refractivity contribution in [2.24, 2.45) is 5.92 Å². The summed E-state index contributed by atoms with van der Waals surface area (Å²) in [4.78, 5) is 25.9. The first-order chi connectivity index (χ1) is 10.1. The lowest BCUT2D eigenvalue weighted by Crippen LogP contribution is -2.48. The molecule has 0 aliphatic heterocycles. The van der Waals surface area contributed by atoms with E-state index >= 15 is 0 Å². The molecule has 6 nitrogen and oxygen atoms in total. The van der Waals surface area contributed by atoms with Crippen LogP contribution in [0.3, 0.4) is 0 Å². The minimum absolute atomic E-state index is 0.0175. The third kappa shape index (κ3) is 8.22. The van der Waals surface area contributed by atoms with E-state index in [1.807, 2.05) is 20.8 Å². The van der Waals surface area contributed by atoms with Gasteiger partial charge in [-0.1, -0.05) is 27.2 Å². The number of amides is 1. The van der Waals surface area contributed by atoms with E-state index in [4.69, 9.17) is 14.2 Å². The number of carbonyl (C=O) groups is 2. The molecule has 0 fully saturated rings. The van der Waals surface area contributed by atoms with Crippen molar-refractivity contribution < 1.29 is 23.8 Å². The van der Waals surface area contributed by atoms with Gasteiger partial charge in [-0.15, -0.1) is 0 Å². The van der Waals surface area contributed by atoms with Crippen molar-refractivity contribution in [3.8, 4) is 0 Å². The number of methoxy groups -OCH3 is 1. The maximum atomic E-state index is 12.3. The predicted octanol–water partition coefficient (Wildman–Crippen LogP) is 3.20. The lowest BCUT2D eigenvalue weighted by Gasteiger charge is -2.31. The fraction of sp³-hybridized carbons (Fsp3) is 0.875. The number of nitrogens with zero attached hydrogens (tertiary/aromatic N) is 1. The van der Waals surface area contributed by atoms with Crippen molar-refractivity contribution in [1.82, 2.24) is 4.90 Å². The summed E-state index contributed by atoms with van der Waals surface area (Å²) in [5.74, 6) is -0.179. The maximum Gasteiger partial charge on any atom is 0.412 e. The van der Waals surface area contributed by atoms with Gasteiger partial charge in [0.2, 0.25) is 0 Å². The minimum Gasteiger partial charge on any atom is -0.464 e. The average molecular weight is 317 g/mol. The Morgan fingerprint density at radius 2 is 1.77 bits per heavy atom. The Labute approximate surface area is 134 Å². The van der Waals surface area contributed by atoms with Gasteiger partial charge >= 0.3 is 12.1 Å². The molecule has 0 aromatic heterocycles. The number of hydrogen-bond donors (Lipinski definition) is 0. The van der Waals surface area contributed by atoms with Gasteiger partial charge in [0.1, 0.15) is 18.4 Å². The quantitative estimate of drug-likeness (QED) is 0.508. The first kappa shape index (κ1) is 20.7. The van der Waals surface area contributed by atoms with Crippen LogP contribution in [-0.2, 0) is 19.0 Å². The SMILES string of the molecule is CCC[C@@H](C(=O)OCC(C)C)N(COC)C(=O)OC(C)(C)C. The molecule has 0 N–H and O–H groups in total. The largest absolute Gasteiger partial charge is 0.464 e. The molecule has 0 aliphatic carbocycles. The second-order valence-electron chi connectivity index (χ2n) is 6.70. The summed E-state index contributed by atoms with van der Waals surface area (Å²) in [5.41, 5.74) is -0.637. The van der Waals surface area contributed by atoms with Crippen LogP contribution >= 0.6 is 0 Å². The van der Waals surface area contributed by atoms with Gasteiger partial charge in [-0.05, 0) is 33.1 Å². The molecule has 0 rings (SSSR count). The molecule has 0 heterocycles. The zero-order valence-electron chi connectivity index (χ0n) is 15.0. The van der Waals surface area contributed by atoms with Crippen LogP contribution in [0.4, 0.5) is 4.79 Å². The van der Waals surface area contributed by atoms with E-state index in [0.717, 1.165) is 6.42 Å². The van der Waals surface area contributed by atoms with Crippen LogP contribution in [0.15, 0.2) is 0 Å². The molecule has 0 aromatic carbocycles. The third-order valence-corrected chi connectivity index (χ3v) is 2.67. The Balaban J connectivity index is 5.07. The number of carbonyl (C=O) groups excluding carboxylic acids is 2. The molecule has 1 amide bonds. The van der Waals surface area contributed by atoms with Crippen LogP contribution in [0.5, 0.6) is 0 Å². The van der Waals surface area contributed by atoms with Crippen molar-refractivity contribution >= 4 is 12.1 Å². The van der Waals surface area contributed by atoms with Gasteiger partial charge in [0.15, 0.2) is 0 Å². The molecular formula is C16H31NO5. The molecule has 0 radical (unpaired) electrons. The molecule has 0 aliphatic rings. The van der Waals surface area contributed by atoms with Gasteiger partial charge in [0.05, 0.1) is 6.61 Å². The van der Waals surface area contributed by atoms with Gasteiger partial charge in [-0.25, -0.2) is 9.59 Å². The first-order valence-electron chi connectivity index (χ1n) is 7.77. The van der Waals surface area contributed by atoms with E-state index in [1.54, 1.807) is 20.8 Å². The van der Waals surface area contributed by atoms with Crippen molar-refractivity contribution in [2.45, 2.75) is 66.0 Å². The van der Waals surface area contributed by atoms with Crippen molar-refractivity contribution in [3.63, 3.8) is 0 Å². The highest BCUT2D eigenvalue weighted by Gasteiger charge is 2.33. The Morgan fingerprint density at radius 1 is 1.18 bits per heavy atom. The van der Waals surface area contributed by atoms with Crippen molar-refractivity contribution in [1.29, 1.82) is 0 Å². The summed E-state index contributed by atoms with van der Waals surface area (Å²) in [6, 6.07) is -0.696. The molecule has 0 saturated heterocycles. The summed E-state index contributed by atoms with van der Waals surface area (Å²) < 4.78 is 15.7. The fourth-order valence-electron chi connectivity index (χ4n) is 1.75. The minimum atomic E-state index is -0.696. The van der Waals surface area contributed by atoms with Crippen LogP contribution in [0.1, 0.15) is 54.4 Å². The Morgan fingerprint density at radius 3 is 2.18 bits per heavy atom. The Bertz CT molecular complexity index is 349. The van der Waals surface area contributed by atoms with Gasteiger partial charge in [0.25, 0.3) is 0 Å². The van der Waals surface area contributed by atoms with Crippen molar-refractivity contribution in [2.75, 3.05) is 20.4 Å². The molecule has 22 heavy (non-hydrogen) atoms. The monoisotopic (exact) mass is 317 g/mol. The van der Waals surface area contributed by atoms with Crippen LogP contribution in [0, 0.1) is 5.92 Å². The number of rotatable bonds is 8. The van der Waals surface area contributed by atoms with Crippen LogP contribution in [0.25, 0.3) is 0 Å². The number of ether oxygens (including phenoxy) is 3. The van der Waals surface area contributed by atoms with Crippen molar-refractivity contribution in [3.05, 3.63) is 0 Å². The van der Waals surface area contributed by atoms with Gasteiger partial charge in [-0.3, -0.25) is 4.90 Å². The van der Waals surface area contributed by atoms with E-state index in [2.05, 4.69) is 0 Å². The van der Waals surface area contributed by atoms with E-state index in [9.17, 15) is 9.59 Å². The second kappa shape index (κ2) is 9.66. The molecule has 130 valence electrons. The number of esters is 1. The van der Waals surface area contributed by atoms with Crippen LogP contribution < -0.4 is 0 Å². The molecule has 0 bridgehead atoms. The highest BCUT2D eigenvalue weighted by atomic mass is 16.6. The molecule has 1 atom stereocenters. The summed E-state index contributed by atoms with van der Waals surface area (Å²) in [5, 5.41) is 0. The zero-order valence-corrected chi connectivity index (χ0v) is 15.0. The van der Waals surface area contributed by atoms with Gasteiger partial charge < -0.3 is 14.2 Å². The topological polar surface area (TPSA) is 65.1 Å². The highest BCUT2D eigenvalue weighted by Crippen LogP contribution is 2.16. The summed E-state index contributed by atoms with van der Waals surface area (Å²) >= 11 is 0.